The predicted octanol–water partition coefficient (Wildman–Crippen LogP) is 3.21. The molecule has 174 valence electrons. The first-order valence-corrected chi connectivity index (χ1v) is 10.3. The number of para-hydroxylation sites is 2. The number of benzene rings is 3. The summed E-state index contributed by atoms with van der Waals surface area (Å²) in [5, 5.41) is 3.97. The molecule has 0 saturated heterocycles. The van der Waals surface area contributed by atoms with Crippen molar-refractivity contribution >= 4 is 18.1 Å². The predicted molar refractivity (Wildman–Crippen MR) is 123 cm³/mol. The molecule has 0 aliphatic carbocycles. The first-order valence-electron chi connectivity index (χ1n) is 10.3. The van der Waals surface area contributed by atoms with Crippen LogP contribution in [0.25, 0.3) is 0 Å². The van der Waals surface area contributed by atoms with Crippen molar-refractivity contribution in [2.75, 3.05) is 20.8 Å². The van der Waals surface area contributed by atoms with Gasteiger partial charge in [0.15, 0.2) is 23.0 Å². The molecule has 3 aromatic rings. The van der Waals surface area contributed by atoms with Gasteiger partial charge in [0.25, 0.3) is 5.91 Å². The summed E-state index contributed by atoms with van der Waals surface area (Å²) >= 11 is 0. The number of carbonyl (C=O) groups is 2. The Hall–Kier alpha value is -4.53. The monoisotopic (exact) mass is 462 g/mol. The Bertz CT molecular complexity index is 1230. The van der Waals surface area contributed by atoms with E-state index < -0.39 is 18.0 Å². The molecule has 1 aliphatic rings. The molecule has 34 heavy (non-hydrogen) atoms. The molecule has 0 saturated carbocycles. The second-order valence-corrected chi connectivity index (χ2v) is 7.13. The molecule has 1 atom stereocenters. The maximum absolute atomic E-state index is 12.5. The molecule has 0 spiro atoms. The van der Waals surface area contributed by atoms with E-state index in [4.69, 9.17) is 23.7 Å². The molecule has 4 rings (SSSR count). The van der Waals surface area contributed by atoms with Gasteiger partial charge >= 0.3 is 5.97 Å². The van der Waals surface area contributed by atoms with Crippen molar-refractivity contribution in [2.45, 2.75) is 6.10 Å². The number of methoxy groups -OCH3 is 2. The average molecular weight is 462 g/mol. The zero-order valence-electron chi connectivity index (χ0n) is 18.5. The van der Waals surface area contributed by atoms with Gasteiger partial charge in [0.1, 0.15) is 12.4 Å². The number of ether oxygens (including phenoxy) is 5. The topological polar surface area (TPSA) is 105 Å². The Morgan fingerprint density at radius 1 is 0.971 bits per heavy atom. The van der Waals surface area contributed by atoms with E-state index in [0.29, 0.717) is 34.1 Å². The van der Waals surface area contributed by atoms with E-state index in [1.54, 1.807) is 60.7 Å². The maximum atomic E-state index is 12.5. The van der Waals surface area contributed by atoms with Gasteiger partial charge in [-0.15, -0.1) is 0 Å². The fraction of sp³-hybridized carbons (Fsp3) is 0.160. The Labute approximate surface area is 195 Å². The molecule has 0 fully saturated rings. The Balaban J connectivity index is 1.37. The van der Waals surface area contributed by atoms with Crippen LogP contribution in [0, 0.1) is 0 Å². The van der Waals surface area contributed by atoms with Gasteiger partial charge in [0.05, 0.1) is 26.0 Å². The molecule has 1 heterocycles. The molecular formula is C25H22N2O7. The number of hydrogen-bond donors (Lipinski definition) is 1. The number of hydrazone groups is 1. The van der Waals surface area contributed by atoms with E-state index in [-0.39, 0.29) is 12.4 Å². The van der Waals surface area contributed by atoms with Crippen molar-refractivity contribution in [1.29, 1.82) is 0 Å². The lowest BCUT2D eigenvalue weighted by Crippen LogP contribution is -2.42. The van der Waals surface area contributed by atoms with Crippen molar-refractivity contribution in [3.8, 4) is 28.7 Å². The molecule has 0 aromatic heterocycles. The summed E-state index contributed by atoms with van der Waals surface area (Å²) in [4.78, 5) is 24.8. The van der Waals surface area contributed by atoms with E-state index >= 15 is 0 Å². The lowest BCUT2D eigenvalue weighted by atomic mass is 10.2. The number of nitrogens with zero attached hydrogens (tertiary/aromatic N) is 1. The number of amides is 1. The molecular weight excluding hydrogens is 440 g/mol. The second-order valence-electron chi connectivity index (χ2n) is 7.13. The fourth-order valence-corrected chi connectivity index (χ4v) is 3.15. The summed E-state index contributed by atoms with van der Waals surface area (Å²) in [6, 6.07) is 18.6. The van der Waals surface area contributed by atoms with Crippen molar-refractivity contribution in [1.82, 2.24) is 5.43 Å². The normalized spacial score (nSPS) is 14.4. The summed E-state index contributed by atoms with van der Waals surface area (Å²) in [6.07, 6.45) is 0.617. The van der Waals surface area contributed by atoms with E-state index in [1.807, 2.05) is 6.07 Å². The van der Waals surface area contributed by atoms with Crippen molar-refractivity contribution in [3.05, 3.63) is 77.9 Å². The van der Waals surface area contributed by atoms with Gasteiger partial charge in [-0.3, -0.25) is 4.79 Å². The van der Waals surface area contributed by atoms with Gasteiger partial charge in [-0.25, -0.2) is 10.2 Å². The van der Waals surface area contributed by atoms with Crippen LogP contribution in [0.1, 0.15) is 15.9 Å². The van der Waals surface area contributed by atoms with Crippen molar-refractivity contribution < 1.29 is 33.3 Å². The van der Waals surface area contributed by atoms with E-state index in [0.717, 1.165) is 0 Å². The SMILES string of the molecule is COc1cccc(C(=O)Oc2ccc(/C=N\NC(=O)[C@H]3COc4ccccc4O3)cc2OC)c1. The lowest BCUT2D eigenvalue weighted by molar-refractivity contribution is -0.130. The van der Waals surface area contributed by atoms with Crippen LogP contribution < -0.4 is 29.1 Å². The van der Waals surface area contributed by atoms with Gasteiger partial charge in [0, 0.05) is 0 Å². The third kappa shape index (κ3) is 5.26. The number of carbonyl (C=O) groups excluding carboxylic acids is 2. The molecule has 3 aromatic carbocycles. The molecule has 1 amide bonds. The number of nitrogens with one attached hydrogen (secondary N) is 1. The van der Waals surface area contributed by atoms with Crippen molar-refractivity contribution in [3.63, 3.8) is 0 Å². The van der Waals surface area contributed by atoms with Crippen LogP contribution in [-0.4, -0.2) is 45.0 Å². The Kier molecular flexibility index (Phi) is 6.92. The number of hydrogen-bond acceptors (Lipinski definition) is 8. The van der Waals surface area contributed by atoms with Crippen LogP contribution in [0.3, 0.4) is 0 Å². The fourth-order valence-electron chi connectivity index (χ4n) is 3.15. The first kappa shape index (κ1) is 22.7. The highest BCUT2D eigenvalue weighted by Gasteiger charge is 2.27. The zero-order chi connectivity index (χ0) is 23.9. The third-order valence-electron chi connectivity index (χ3n) is 4.89. The summed E-state index contributed by atoms with van der Waals surface area (Å²) in [7, 11) is 2.98. The minimum atomic E-state index is -0.819. The summed E-state index contributed by atoms with van der Waals surface area (Å²) < 4.78 is 27.1. The summed E-state index contributed by atoms with van der Waals surface area (Å²) in [6.45, 7) is 0.0829. The number of rotatable bonds is 7. The smallest absolute Gasteiger partial charge is 0.343 e. The number of fused-ring (bicyclic) bond motifs is 1. The van der Waals surface area contributed by atoms with Gasteiger partial charge in [-0.05, 0) is 54.1 Å². The van der Waals surface area contributed by atoms with Crippen LogP contribution in [-0.2, 0) is 4.79 Å². The molecule has 1 N–H and O–H groups in total. The van der Waals surface area contributed by atoms with Gasteiger partial charge in [-0.2, -0.15) is 5.10 Å². The molecule has 0 unspecified atom stereocenters. The summed E-state index contributed by atoms with van der Waals surface area (Å²) in [5.41, 5.74) is 3.39. The first-order chi connectivity index (χ1) is 16.6. The second kappa shape index (κ2) is 10.4. The molecule has 0 radical (unpaired) electrons. The van der Waals surface area contributed by atoms with Crippen LogP contribution >= 0.6 is 0 Å². The highest BCUT2D eigenvalue weighted by atomic mass is 16.6. The van der Waals surface area contributed by atoms with Crippen molar-refractivity contribution in [2.24, 2.45) is 5.10 Å². The van der Waals surface area contributed by atoms with Crippen LogP contribution in [0.5, 0.6) is 28.7 Å². The van der Waals surface area contributed by atoms with Gasteiger partial charge < -0.3 is 23.7 Å². The van der Waals surface area contributed by atoms with Gasteiger partial charge in [0.2, 0.25) is 6.10 Å². The third-order valence-corrected chi connectivity index (χ3v) is 4.89. The van der Waals surface area contributed by atoms with Crippen LogP contribution in [0.4, 0.5) is 0 Å². The Morgan fingerprint density at radius 2 is 1.79 bits per heavy atom. The molecule has 1 aliphatic heterocycles. The van der Waals surface area contributed by atoms with E-state index in [2.05, 4.69) is 10.5 Å². The Morgan fingerprint density at radius 3 is 2.59 bits per heavy atom. The van der Waals surface area contributed by atoms with E-state index in [9.17, 15) is 9.59 Å². The molecule has 0 bridgehead atoms. The maximum Gasteiger partial charge on any atom is 0.343 e. The number of esters is 1. The average Bonchev–Trinajstić information content (AvgIpc) is 2.89. The van der Waals surface area contributed by atoms with E-state index in [1.165, 1.54) is 20.4 Å². The zero-order valence-corrected chi connectivity index (χ0v) is 18.5. The quantitative estimate of drug-likeness (QED) is 0.249. The standard InChI is InChI=1S/C25H22N2O7/c1-30-18-7-5-6-17(13-18)25(29)34-21-11-10-16(12-22(21)31-2)14-26-27-24(28)23-15-32-19-8-3-4-9-20(19)33-23/h3-14,23H,15H2,1-2H3,(H,27,28)/b26-14-/t23-/m1/s1. The minimum absolute atomic E-state index is 0.0829. The molecule has 9 nitrogen and oxygen atoms in total. The van der Waals surface area contributed by atoms with Gasteiger partial charge in [-0.1, -0.05) is 18.2 Å². The molecule has 9 heteroatoms. The minimum Gasteiger partial charge on any atom is -0.497 e. The summed E-state index contributed by atoms with van der Waals surface area (Å²) in [5.74, 6) is 1.21. The lowest BCUT2D eigenvalue weighted by Gasteiger charge is -2.24. The van der Waals surface area contributed by atoms with Crippen LogP contribution in [0.15, 0.2) is 71.8 Å². The van der Waals surface area contributed by atoms with Crippen LogP contribution in [0.2, 0.25) is 0 Å². The highest BCUT2D eigenvalue weighted by Crippen LogP contribution is 2.31. The largest absolute Gasteiger partial charge is 0.497 e. The highest BCUT2D eigenvalue weighted by molar-refractivity contribution is 5.92.